The predicted octanol–water partition coefficient (Wildman–Crippen LogP) is 2.66. The molecule has 1 N–H and O–H groups in total. The minimum atomic E-state index is -0.108. The smallest absolute Gasteiger partial charge is 0.237 e. The quantitative estimate of drug-likeness (QED) is 0.916. The molecule has 2 atom stereocenters. The molecular formula is C19H26N2O3. The first-order chi connectivity index (χ1) is 11.6. The molecule has 2 aromatic rings. The van der Waals surface area contributed by atoms with E-state index in [4.69, 9.17) is 4.42 Å². The summed E-state index contributed by atoms with van der Waals surface area (Å²) in [5, 5.41) is 10.4. The fourth-order valence-corrected chi connectivity index (χ4v) is 3.36. The summed E-state index contributed by atoms with van der Waals surface area (Å²) in [7, 11) is 1.83. The van der Waals surface area contributed by atoms with Gasteiger partial charge in [-0.05, 0) is 44.4 Å². The minimum absolute atomic E-state index is 0.0848. The SMILES string of the molecule is CC(c1cc2ccccc2o1)N(C)C(=O)CN1CCCC(CO)C1. The minimum Gasteiger partial charge on any atom is -0.459 e. The number of hydrogen-bond acceptors (Lipinski definition) is 4. The van der Waals surface area contributed by atoms with E-state index in [1.54, 1.807) is 4.90 Å². The molecule has 1 saturated heterocycles. The van der Waals surface area contributed by atoms with E-state index in [1.165, 1.54) is 0 Å². The maximum Gasteiger partial charge on any atom is 0.237 e. The highest BCUT2D eigenvalue weighted by molar-refractivity contribution is 5.80. The third-order valence-corrected chi connectivity index (χ3v) is 5.05. The van der Waals surface area contributed by atoms with Crippen molar-refractivity contribution in [2.24, 2.45) is 5.92 Å². The molecule has 1 amide bonds. The Bertz CT molecular complexity index is 664. The van der Waals surface area contributed by atoms with Crippen LogP contribution >= 0.6 is 0 Å². The third kappa shape index (κ3) is 3.62. The van der Waals surface area contributed by atoms with Crippen LogP contribution in [-0.4, -0.2) is 54.1 Å². The predicted molar refractivity (Wildman–Crippen MR) is 93.6 cm³/mol. The van der Waals surface area contributed by atoms with Gasteiger partial charge in [-0.15, -0.1) is 0 Å². The zero-order valence-corrected chi connectivity index (χ0v) is 14.4. The summed E-state index contributed by atoms with van der Waals surface area (Å²) in [5.41, 5.74) is 0.849. The van der Waals surface area contributed by atoms with Gasteiger partial charge in [-0.25, -0.2) is 0 Å². The Labute approximate surface area is 142 Å². The maximum atomic E-state index is 12.6. The highest BCUT2D eigenvalue weighted by Gasteiger charge is 2.25. The van der Waals surface area contributed by atoms with Crippen LogP contribution in [0.25, 0.3) is 11.0 Å². The number of furan rings is 1. The number of carbonyl (C=O) groups is 1. The average Bonchev–Trinajstić information content (AvgIpc) is 3.04. The number of aliphatic hydroxyl groups excluding tert-OH is 1. The number of para-hydroxylation sites is 1. The van der Waals surface area contributed by atoms with E-state index in [0.29, 0.717) is 12.5 Å². The number of amides is 1. The topological polar surface area (TPSA) is 56.9 Å². The van der Waals surface area contributed by atoms with Gasteiger partial charge in [0, 0.05) is 25.6 Å². The summed E-state index contributed by atoms with van der Waals surface area (Å²) in [6, 6.07) is 9.78. The molecule has 5 heteroatoms. The molecular weight excluding hydrogens is 304 g/mol. The van der Waals surface area contributed by atoms with Crippen LogP contribution in [0.3, 0.4) is 0 Å². The number of benzene rings is 1. The number of hydrogen-bond donors (Lipinski definition) is 1. The zero-order chi connectivity index (χ0) is 17.1. The first kappa shape index (κ1) is 17.0. The van der Waals surface area contributed by atoms with Gasteiger partial charge in [0.05, 0.1) is 12.6 Å². The highest BCUT2D eigenvalue weighted by atomic mass is 16.3. The highest BCUT2D eigenvalue weighted by Crippen LogP contribution is 2.27. The lowest BCUT2D eigenvalue weighted by molar-refractivity contribution is -0.133. The second-order valence-electron chi connectivity index (χ2n) is 6.79. The van der Waals surface area contributed by atoms with Crippen molar-refractivity contribution >= 4 is 16.9 Å². The third-order valence-electron chi connectivity index (χ3n) is 5.05. The number of nitrogens with zero attached hydrogens (tertiary/aromatic N) is 2. The van der Waals surface area contributed by atoms with Gasteiger partial charge in [0.25, 0.3) is 0 Å². The van der Waals surface area contributed by atoms with Crippen LogP contribution in [0.4, 0.5) is 0 Å². The Morgan fingerprint density at radius 3 is 3.00 bits per heavy atom. The molecule has 2 heterocycles. The lowest BCUT2D eigenvalue weighted by Crippen LogP contribution is -2.44. The molecule has 130 valence electrons. The van der Waals surface area contributed by atoms with Crippen molar-refractivity contribution in [3.8, 4) is 0 Å². The van der Waals surface area contributed by atoms with Crippen molar-refractivity contribution < 1.29 is 14.3 Å². The average molecular weight is 330 g/mol. The molecule has 1 aromatic carbocycles. The Kier molecular flexibility index (Phi) is 5.21. The van der Waals surface area contributed by atoms with Crippen molar-refractivity contribution in [2.45, 2.75) is 25.8 Å². The maximum absolute atomic E-state index is 12.6. The molecule has 0 radical (unpaired) electrons. The standard InChI is InChI=1S/C19H26N2O3/c1-14(18-10-16-7-3-4-8-17(16)24-18)20(2)19(23)12-21-9-5-6-15(11-21)13-22/h3-4,7-8,10,14-15,22H,5-6,9,11-13H2,1-2H3. The number of rotatable bonds is 5. The molecule has 0 aliphatic carbocycles. The normalized spacial score (nSPS) is 20.2. The van der Waals surface area contributed by atoms with Gasteiger partial charge in [-0.2, -0.15) is 0 Å². The number of fused-ring (bicyclic) bond motifs is 1. The summed E-state index contributed by atoms with van der Waals surface area (Å²) < 4.78 is 5.89. The van der Waals surface area contributed by atoms with Crippen LogP contribution < -0.4 is 0 Å². The van der Waals surface area contributed by atoms with Gasteiger partial charge in [0.2, 0.25) is 5.91 Å². The summed E-state index contributed by atoms with van der Waals surface area (Å²) >= 11 is 0. The molecule has 1 aromatic heterocycles. The number of aliphatic hydroxyl groups is 1. The van der Waals surface area contributed by atoms with E-state index in [1.807, 2.05) is 44.3 Å². The lowest BCUT2D eigenvalue weighted by Gasteiger charge is -2.33. The van der Waals surface area contributed by atoms with E-state index >= 15 is 0 Å². The second-order valence-corrected chi connectivity index (χ2v) is 6.79. The number of piperidine rings is 1. The summed E-state index contributed by atoms with van der Waals surface area (Å²) in [6.45, 7) is 4.32. The van der Waals surface area contributed by atoms with Crippen molar-refractivity contribution in [3.05, 3.63) is 36.1 Å². The van der Waals surface area contributed by atoms with Crippen LogP contribution in [0.15, 0.2) is 34.7 Å². The fraction of sp³-hybridized carbons (Fsp3) is 0.526. The van der Waals surface area contributed by atoms with Gasteiger partial charge >= 0.3 is 0 Å². The molecule has 0 spiro atoms. The van der Waals surface area contributed by atoms with Crippen LogP contribution in [-0.2, 0) is 4.79 Å². The second kappa shape index (κ2) is 7.36. The molecule has 2 unspecified atom stereocenters. The molecule has 3 rings (SSSR count). The van der Waals surface area contributed by atoms with E-state index < -0.39 is 0 Å². The largest absolute Gasteiger partial charge is 0.459 e. The molecule has 0 saturated carbocycles. The molecule has 1 aliphatic rings. The summed E-state index contributed by atoms with van der Waals surface area (Å²) in [4.78, 5) is 16.5. The van der Waals surface area contributed by atoms with Crippen LogP contribution in [0.2, 0.25) is 0 Å². The van der Waals surface area contributed by atoms with Crippen LogP contribution in [0.1, 0.15) is 31.6 Å². The lowest BCUT2D eigenvalue weighted by atomic mass is 9.99. The van der Waals surface area contributed by atoms with Gasteiger partial charge in [0.1, 0.15) is 11.3 Å². The van der Waals surface area contributed by atoms with E-state index in [9.17, 15) is 9.90 Å². The van der Waals surface area contributed by atoms with Gasteiger partial charge in [-0.3, -0.25) is 9.69 Å². The number of likely N-dealkylation sites (N-methyl/N-ethyl adjacent to an activating group) is 1. The van der Waals surface area contributed by atoms with E-state index in [-0.39, 0.29) is 18.6 Å². The van der Waals surface area contributed by atoms with Crippen molar-refractivity contribution in [1.82, 2.24) is 9.80 Å². The molecule has 5 nitrogen and oxygen atoms in total. The van der Waals surface area contributed by atoms with Gasteiger partial charge in [0.15, 0.2) is 0 Å². The van der Waals surface area contributed by atoms with Crippen LogP contribution in [0.5, 0.6) is 0 Å². The van der Waals surface area contributed by atoms with E-state index in [2.05, 4.69) is 4.90 Å². The van der Waals surface area contributed by atoms with E-state index in [0.717, 1.165) is 42.7 Å². The Balaban J connectivity index is 1.64. The molecule has 1 fully saturated rings. The Morgan fingerprint density at radius 1 is 1.46 bits per heavy atom. The zero-order valence-electron chi connectivity index (χ0n) is 14.4. The van der Waals surface area contributed by atoms with Crippen molar-refractivity contribution in [2.75, 3.05) is 33.3 Å². The van der Waals surface area contributed by atoms with Crippen LogP contribution in [0, 0.1) is 5.92 Å². The Morgan fingerprint density at radius 2 is 2.25 bits per heavy atom. The molecule has 1 aliphatic heterocycles. The fourth-order valence-electron chi connectivity index (χ4n) is 3.36. The first-order valence-corrected chi connectivity index (χ1v) is 8.66. The molecule has 24 heavy (non-hydrogen) atoms. The summed E-state index contributed by atoms with van der Waals surface area (Å²) in [6.07, 6.45) is 2.09. The number of carbonyl (C=O) groups excluding carboxylic acids is 1. The number of likely N-dealkylation sites (tertiary alicyclic amines) is 1. The Hall–Kier alpha value is -1.85. The van der Waals surface area contributed by atoms with Crippen molar-refractivity contribution in [3.63, 3.8) is 0 Å². The monoisotopic (exact) mass is 330 g/mol. The molecule has 0 bridgehead atoms. The first-order valence-electron chi connectivity index (χ1n) is 8.66. The van der Waals surface area contributed by atoms with Gasteiger partial charge < -0.3 is 14.4 Å². The summed E-state index contributed by atoms with van der Waals surface area (Å²) in [5.74, 6) is 1.19. The van der Waals surface area contributed by atoms with Gasteiger partial charge in [-0.1, -0.05) is 18.2 Å². The van der Waals surface area contributed by atoms with Crippen molar-refractivity contribution in [1.29, 1.82) is 0 Å².